The van der Waals surface area contributed by atoms with Gasteiger partial charge in [-0.3, -0.25) is 0 Å². The molecule has 0 spiro atoms. The van der Waals surface area contributed by atoms with E-state index in [1.807, 2.05) is 13.0 Å². The Hall–Kier alpha value is -1.55. The number of aliphatic hydroxyl groups excluding tert-OH is 1. The van der Waals surface area contributed by atoms with E-state index in [-0.39, 0.29) is 12.6 Å². The topological polar surface area (TPSA) is 55.8 Å². The molecule has 0 aliphatic rings. The summed E-state index contributed by atoms with van der Waals surface area (Å²) in [5.74, 6) is 0.151. The van der Waals surface area contributed by atoms with Crippen LogP contribution in [-0.2, 0) is 16.1 Å². The third kappa shape index (κ3) is 3.75. The summed E-state index contributed by atoms with van der Waals surface area (Å²) in [6.45, 7) is 3.82. The molecule has 0 aliphatic heterocycles. The molecule has 1 aromatic carbocycles. The standard InChI is InChI=1S/C13H18O4/c1-3-11(13(15)16-4-2)17-12-8-6-5-7-10(12)9-14/h5-8,11,14H,3-4,9H2,1-2H3. The molecule has 0 aliphatic carbocycles. The first kappa shape index (κ1) is 13.5. The molecule has 4 heteroatoms. The van der Waals surface area contributed by atoms with Gasteiger partial charge in [-0.1, -0.05) is 25.1 Å². The van der Waals surface area contributed by atoms with Crippen LogP contribution in [0.5, 0.6) is 5.75 Å². The van der Waals surface area contributed by atoms with Gasteiger partial charge in [-0.15, -0.1) is 0 Å². The van der Waals surface area contributed by atoms with Crippen LogP contribution in [0.2, 0.25) is 0 Å². The summed E-state index contributed by atoms with van der Waals surface area (Å²) in [4.78, 5) is 11.6. The lowest BCUT2D eigenvalue weighted by Crippen LogP contribution is -2.29. The molecule has 0 heterocycles. The number of esters is 1. The summed E-state index contributed by atoms with van der Waals surface area (Å²) in [5, 5.41) is 9.15. The van der Waals surface area contributed by atoms with Gasteiger partial charge in [0.2, 0.25) is 0 Å². The van der Waals surface area contributed by atoms with Gasteiger partial charge in [0.1, 0.15) is 5.75 Å². The highest BCUT2D eigenvalue weighted by Crippen LogP contribution is 2.20. The summed E-state index contributed by atoms with van der Waals surface area (Å²) in [5.41, 5.74) is 0.662. The fourth-order valence-electron chi connectivity index (χ4n) is 1.44. The molecule has 0 saturated carbocycles. The molecule has 0 fully saturated rings. The van der Waals surface area contributed by atoms with Crippen molar-refractivity contribution in [1.29, 1.82) is 0 Å². The monoisotopic (exact) mass is 238 g/mol. The normalized spacial score (nSPS) is 11.9. The van der Waals surface area contributed by atoms with Crippen molar-refractivity contribution in [3.63, 3.8) is 0 Å². The second-order valence-electron chi connectivity index (χ2n) is 3.53. The minimum absolute atomic E-state index is 0.116. The lowest BCUT2D eigenvalue weighted by Gasteiger charge is -2.17. The Labute approximate surface area is 101 Å². The van der Waals surface area contributed by atoms with Gasteiger partial charge in [0.25, 0.3) is 0 Å². The molecule has 17 heavy (non-hydrogen) atoms. The minimum atomic E-state index is -0.623. The lowest BCUT2D eigenvalue weighted by molar-refractivity contribution is -0.151. The first-order chi connectivity index (χ1) is 8.22. The van der Waals surface area contributed by atoms with Crippen LogP contribution in [0.1, 0.15) is 25.8 Å². The van der Waals surface area contributed by atoms with E-state index in [0.717, 1.165) is 0 Å². The van der Waals surface area contributed by atoms with Gasteiger partial charge in [0.15, 0.2) is 6.10 Å². The highest BCUT2D eigenvalue weighted by Gasteiger charge is 2.20. The van der Waals surface area contributed by atoms with Crippen LogP contribution in [0, 0.1) is 0 Å². The predicted octanol–water partition coefficient (Wildman–Crippen LogP) is 1.90. The van der Waals surface area contributed by atoms with E-state index < -0.39 is 6.10 Å². The Kier molecular flexibility index (Phi) is 5.49. The number of benzene rings is 1. The van der Waals surface area contributed by atoms with Crippen LogP contribution in [0.15, 0.2) is 24.3 Å². The highest BCUT2D eigenvalue weighted by atomic mass is 16.6. The maximum atomic E-state index is 11.6. The maximum Gasteiger partial charge on any atom is 0.347 e. The molecule has 4 nitrogen and oxygen atoms in total. The third-order valence-corrected chi connectivity index (χ3v) is 2.33. The number of hydrogen-bond acceptors (Lipinski definition) is 4. The second kappa shape index (κ2) is 6.91. The quantitative estimate of drug-likeness (QED) is 0.769. The Morgan fingerprint density at radius 1 is 1.35 bits per heavy atom. The zero-order chi connectivity index (χ0) is 12.7. The van der Waals surface area contributed by atoms with Crippen molar-refractivity contribution < 1.29 is 19.4 Å². The Bertz CT molecular complexity index is 362. The van der Waals surface area contributed by atoms with Gasteiger partial charge in [-0.05, 0) is 19.4 Å². The van der Waals surface area contributed by atoms with Gasteiger partial charge in [0.05, 0.1) is 13.2 Å². The van der Waals surface area contributed by atoms with Crippen molar-refractivity contribution in [2.75, 3.05) is 6.61 Å². The molecular formula is C13H18O4. The average molecular weight is 238 g/mol. The summed E-state index contributed by atoms with van der Waals surface area (Å²) in [7, 11) is 0. The fourth-order valence-corrected chi connectivity index (χ4v) is 1.44. The average Bonchev–Trinajstić information content (AvgIpc) is 2.36. The van der Waals surface area contributed by atoms with Crippen molar-refractivity contribution in [2.45, 2.75) is 33.0 Å². The number of aliphatic hydroxyl groups is 1. The van der Waals surface area contributed by atoms with Crippen LogP contribution in [0.3, 0.4) is 0 Å². The van der Waals surface area contributed by atoms with Crippen LogP contribution < -0.4 is 4.74 Å². The minimum Gasteiger partial charge on any atom is -0.478 e. The van der Waals surface area contributed by atoms with Gasteiger partial charge < -0.3 is 14.6 Å². The predicted molar refractivity (Wildman–Crippen MR) is 63.7 cm³/mol. The number of para-hydroxylation sites is 1. The largest absolute Gasteiger partial charge is 0.478 e. The molecule has 1 N–H and O–H groups in total. The first-order valence-electron chi connectivity index (χ1n) is 5.75. The van der Waals surface area contributed by atoms with Crippen molar-refractivity contribution in [2.24, 2.45) is 0 Å². The Morgan fingerprint density at radius 3 is 2.65 bits per heavy atom. The van der Waals surface area contributed by atoms with Gasteiger partial charge >= 0.3 is 5.97 Å². The Balaban J connectivity index is 2.76. The van der Waals surface area contributed by atoms with Crippen molar-refractivity contribution in [1.82, 2.24) is 0 Å². The zero-order valence-electron chi connectivity index (χ0n) is 10.2. The number of carbonyl (C=O) groups excluding carboxylic acids is 1. The van der Waals surface area contributed by atoms with Crippen LogP contribution >= 0.6 is 0 Å². The molecule has 94 valence electrons. The van der Waals surface area contributed by atoms with E-state index in [2.05, 4.69) is 0 Å². The van der Waals surface area contributed by atoms with Crippen LogP contribution in [0.25, 0.3) is 0 Å². The van der Waals surface area contributed by atoms with E-state index in [9.17, 15) is 4.79 Å². The number of carbonyl (C=O) groups is 1. The molecule has 1 atom stereocenters. The van der Waals surface area contributed by atoms with Gasteiger partial charge in [-0.2, -0.15) is 0 Å². The third-order valence-electron chi connectivity index (χ3n) is 2.33. The van der Waals surface area contributed by atoms with Crippen LogP contribution in [0.4, 0.5) is 0 Å². The van der Waals surface area contributed by atoms with E-state index in [1.165, 1.54) is 0 Å². The van der Waals surface area contributed by atoms with Gasteiger partial charge in [-0.25, -0.2) is 4.79 Å². The second-order valence-corrected chi connectivity index (χ2v) is 3.53. The summed E-state index contributed by atoms with van der Waals surface area (Å²) in [6.07, 6.45) is -0.0962. The van der Waals surface area contributed by atoms with Crippen molar-refractivity contribution >= 4 is 5.97 Å². The highest BCUT2D eigenvalue weighted by molar-refractivity contribution is 5.75. The first-order valence-corrected chi connectivity index (χ1v) is 5.75. The van der Waals surface area contributed by atoms with E-state index in [1.54, 1.807) is 25.1 Å². The smallest absolute Gasteiger partial charge is 0.347 e. The van der Waals surface area contributed by atoms with Gasteiger partial charge in [0, 0.05) is 5.56 Å². The van der Waals surface area contributed by atoms with Crippen LogP contribution in [-0.4, -0.2) is 23.8 Å². The number of ether oxygens (including phenoxy) is 2. The molecule has 0 radical (unpaired) electrons. The van der Waals surface area contributed by atoms with E-state index in [4.69, 9.17) is 14.6 Å². The van der Waals surface area contributed by atoms with E-state index in [0.29, 0.717) is 24.3 Å². The molecule has 0 aromatic heterocycles. The molecule has 1 rings (SSSR count). The number of hydrogen-bond donors (Lipinski definition) is 1. The fraction of sp³-hybridized carbons (Fsp3) is 0.462. The summed E-state index contributed by atoms with van der Waals surface area (Å²) in [6, 6.07) is 7.09. The summed E-state index contributed by atoms with van der Waals surface area (Å²) >= 11 is 0. The zero-order valence-corrected chi connectivity index (χ0v) is 10.2. The molecular weight excluding hydrogens is 220 g/mol. The lowest BCUT2D eigenvalue weighted by atomic mass is 10.2. The van der Waals surface area contributed by atoms with Crippen molar-refractivity contribution in [3.8, 4) is 5.75 Å². The SMILES string of the molecule is CCOC(=O)C(CC)Oc1ccccc1CO. The molecule has 1 aromatic rings. The van der Waals surface area contributed by atoms with E-state index >= 15 is 0 Å². The Morgan fingerprint density at radius 2 is 2.06 bits per heavy atom. The molecule has 1 unspecified atom stereocenters. The maximum absolute atomic E-state index is 11.6. The number of rotatable bonds is 6. The molecule has 0 amide bonds. The summed E-state index contributed by atoms with van der Waals surface area (Å²) < 4.78 is 10.5. The van der Waals surface area contributed by atoms with Crippen molar-refractivity contribution in [3.05, 3.63) is 29.8 Å². The molecule has 0 bridgehead atoms. The molecule has 0 saturated heterocycles.